The van der Waals surface area contributed by atoms with Crippen LogP contribution in [0.3, 0.4) is 0 Å². The van der Waals surface area contributed by atoms with E-state index in [4.69, 9.17) is 9.84 Å². The number of sulfonamides is 1. The molecule has 3 aromatic rings. The van der Waals surface area contributed by atoms with Crippen LogP contribution in [0.4, 0.5) is 13.2 Å². The molecule has 37 heavy (non-hydrogen) atoms. The Hall–Kier alpha value is -2.28. The Kier molecular flexibility index (Phi) is 9.20. The molecule has 202 valence electrons. The van der Waals surface area contributed by atoms with Crippen LogP contribution in [-0.2, 0) is 21.0 Å². The lowest BCUT2D eigenvalue weighted by Gasteiger charge is -2.24. The number of hydrogen-bond donors (Lipinski definition) is 1. The molecule has 12 heteroatoms. The second-order valence-electron chi connectivity index (χ2n) is 8.62. The fourth-order valence-corrected chi connectivity index (χ4v) is 8.56. The zero-order valence-corrected chi connectivity index (χ0v) is 23.2. The summed E-state index contributed by atoms with van der Waals surface area (Å²) in [5, 5.41) is 8.94. The number of rotatable bonds is 11. The number of thiophene rings is 1. The second kappa shape index (κ2) is 11.6. The largest absolute Gasteiger partial charge is 0.482 e. The van der Waals surface area contributed by atoms with Gasteiger partial charge in [-0.2, -0.15) is 17.5 Å². The van der Waals surface area contributed by atoms with Crippen LogP contribution in [0, 0.1) is 13.8 Å². The summed E-state index contributed by atoms with van der Waals surface area (Å²) in [7, 11) is -3.94. The number of nitrogens with zero attached hydrogens (tertiary/aromatic N) is 1. The van der Waals surface area contributed by atoms with Gasteiger partial charge < -0.3 is 9.84 Å². The quantitative estimate of drug-likeness (QED) is 0.260. The summed E-state index contributed by atoms with van der Waals surface area (Å²) in [6.45, 7) is 7.16. The molecule has 0 aliphatic rings. The highest BCUT2D eigenvalue weighted by atomic mass is 32.2. The molecule has 6 nitrogen and oxygen atoms in total. The van der Waals surface area contributed by atoms with Crippen molar-refractivity contribution in [1.29, 1.82) is 0 Å². The minimum absolute atomic E-state index is 0.0586. The Labute approximate surface area is 222 Å². The SMILES string of the molecule is CCCN(C[C@@H](C)Sc1ccc(OCC(=O)O)c(C)c1)S(=O)(=O)c1sc2ccc(C(F)(F)F)cc2c1C. The summed E-state index contributed by atoms with van der Waals surface area (Å²) < 4.78 is 74.1. The smallest absolute Gasteiger partial charge is 0.416 e. The van der Waals surface area contributed by atoms with E-state index in [9.17, 15) is 26.4 Å². The first-order valence-electron chi connectivity index (χ1n) is 11.5. The van der Waals surface area contributed by atoms with Crippen LogP contribution in [0.25, 0.3) is 10.1 Å². The van der Waals surface area contributed by atoms with E-state index in [0.29, 0.717) is 22.4 Å². The van der Waals surface area contributed by atoms with Crippen molar-refractivity contribution in [1.82, 2.24) is 4.31 Å². The third kappa shape index (κ3) is 6.98. The highest BCUT2D eigenvalue weighted by Crippen LogP contribution is 2.40. The van der Waals surface area contributed by atoms with E-state index in [1.54, 1.807) is 26.0 Å². The Balaban J connectivity index is 1.82. The lowest BCUT2D eigenvalue weighted by molar-refractivity contribution is -0.139. The zero-order valence-electron chi connectivity index (χ0n) is 20.8. The first-order chi connectivity index (χ1) is 17.2. The average Bonchev–Trinajstić information content (AvgIpc) is 3.14. The van der Waals surface area contributed by atoms with Gasteiger partial charge >= 0.3 is 12.1 Å². The van der Waals surface area contributed by atoms with Gasteiger partial charge in [0, 0.05) is 27.9 Å². The summed E-state index contributed by atoms with van der Waals surface area (Å²) in [6, 6.07) is 8.63. The van der Waals surface area contributed by atoms with Crippen molar-refractivity contribution in [3.63, 3.8) is 0 Å². The number of carbonyl (C=O) groups is 1. The molecule has 0 radical (unpaired) electrons. The Bertz CT molecular complexity index is 1390. The third-order valence-corrected chi connectivity index (χ3v) is 10.4. The number of thioether (sulfide) groups is 1. The van der Waals surface area contributed by atoms with E-state index in [2.05, 4.69) is 0 Å². The molecular formula is C25H28F3NO5S3. The van der Waals surface area contributed by atoms with Gasteiger partial charge in [-0.1, -0.05) is 13.8 Å². The molecule has 1 atom stereocenters. The number of fused-ring (bicyclic) bond motifs is 1. The van der Waals surface area contributed by atoms with Gasteiger partial charge in [-0.25, -0.2) is 13.2 Å². The van der Waals surface area contributed by atoms with E-state index in [0.717, 1.165) is 33.9 Å². The van der Waals surface area contributed by atoms with Crippen LogP contribution >= 0.6 is 23.1 Å². The minimum atomic E-state index is -4.51. The van der Waals surface area contributed by atoms with Crippen LogP contribution in [0.5, 0.6) is 5.75 Å². The molecule has 3 rings (SSSR count). The zero-order chi connectivity index (χ0) is 27.5. The second-order valence-corrected chi connectivity index (χ2v) is 13.3. The highest BCUT2D eigenvalue weighted by Gasteiger charge is 2.33. The van der Waals surface area contributed by atoms with Crippen molar-refractivity contribution >= 4 is 49.2 Å². The van der Waals surface area contributed by atoms with Crippen LogP contribution < -0.4 is 4.74 Å². The molecule has 0 spiro atoms. The van der Waals surface area contributed by atoms with E-state index >= 15 is 0 Å². The summed E-state index contributed by atoms with van der Waals surface area (Å²) in [5.41, 5.74) is 0.269. The Morgan fingerprint density at radius 1 is 1.19 bits per heavy atom. The number of carboxylic acids is 1. The number of hydrogen-bond acceptors (Lipinski definition) is 6. The topological polar surface area (TPSA) is 83.9 Å². The predicted octanol–water partition coefficient (Wildman–Crippen LogP) is 6.58. The highest BCUT2D eigenvalue weighted by molar-refractivity contribution is 8.00. The lowest BCUT2D eigenvalue weighted by atomic mass is 10.1. The van der Waals surface area contributed by atoms with Gasteiger partial charge in [0.1, 0.15) is 9.96 Å². The van der Waals surface area contributed by atoms with Gasteiger partial charge in [0.15, 0.2) is 6.61 Å². The minimum Gasteiger partial charge on any atom is -0.482 e. The van der Waals surface area contributed by atoms with Gasteiger partial charge in [-0.15, -0.1) is 23.1 Å². The number of ether oxygens (including phenoxy) is 1. The molecule has 2 aromatic carbocycles. The molecule has 0 bridgehead atoms. The van der Waals surface area contributed by atoms with Crippen molar-refractivity contribution in [3.05, 3.63) is 53.1 Å². The van der Waals surface area contributed by atoms with Gasteiger partial charge in [0.25, 0.3) is 10.0 Å². The summed E-state index contributed by atoms with van der Waals surface area (Å²) in [5.74, 6) is -0.609. The van der Waals surface area contributed by atoms with E-state index in [1.165, 1.54) is 22.1 Å². The molecule has 0 unspecified atom stereocenters. The number of carboxylic acid groups (broad SMARTS) is 1. The Morgan fingerprint density at radius 3 is 2.49 bits per heavy atom. The maximum Gasteiger partial charge on any atom is 0.416 e. The first-order valence-corrected chi connectivity index (χ1v) is 14.6. The van der Waals surface area contributed by atoms with Crippen molar-refractivity contribution in [2.24, 2.45) is 0 Å². The molecule has 0 amide bonds. The van der Waals surface area contributed by atoms with Crippen molar-refractivity contribution < 1.29 is 36.2 Å². The van der Waals surface area contributed by atoms with Crippen LogP contribution in [0.2, 0.25) is 0 Å². The first kappa shape index (κ1) is 29.3. The number of halogens is 3. The Morgan fingerprint density at radius 2 is 1.89 bits per heavy atom. The number of benzene rings is 2. The van der Waals surface area contributed by atoms with Crippen LogP contribution in [0.1, 0.15) is 37.0 Å². The normalized spacial score (nSPS) is 13.3. The van der Waals surface area contributed by atoms with Gasteiger partial charge in [0.05, 0.1) is 5.56 Å². The molecular weight excluding hydrogens is 547 g/mol. The fraction of sp³-hybridized carbons (Fsp3) is 0.400. The van der Waals surface area contributed by atoms with E-state index in [-0.39, 0.29) is 27.9 Å². The molecule has 0 saturated carbocycles. The van der Waals surface area contributed by atoms with Gasteiger partial charge in [-0.05, 0) is 73.2 Å². The van der Waals surface area contributed by atoms with Crippen molar-refractivity contribution in [3.8, 4) is 5.75 Å². The number of aliphatic carboxylic acids is 1. The molecule has 1 N–H and O–H groups in total. The monoisotopic (exact) mass is 575 g/mol. The van der Waals surface area contributed by atoms with Crippen molar-refractivity contribution in [2.75, 3.05) is 19.7 Å². The standard InChI is InChI=1S/C25H28F3NO5S3/c1-5-10-29(13-16(3)35-19-7-8-21(15(2)11-19)34-14-23(30)31)37(32,33)24-17(4)20-12-18(25(26,27)28)6-9-22(20)36-24/h6-9,11-12,16H,5,10,13-14H2,1-4H3,(H,30,31)/t16-/m1/s1. The van der Waals surface area contributed by atoms with Crippen LogP contribution in [-0.4, -0.2) is 48.7 Å². The van der Waals surface area contributed by atoms with E-state index < -0.39 is 34.3 Å². The van der Waals surface area contributed by atoms with Crippen LogP contribution in [0.15, 0.2) is 45.5 Å². The molecule has 0 fully saturated rings. The summed E-state index contributed by atoms with van der Waals surface area (Å²) in [4.78, 5) is 11.6. The number of alkyl halides is 3. The van der Waals surface area contributed by atoms with Gasteiger partial charge in [0.2, 0.25) is 0 Å². The summed E-state index contributed by atoms with van der Waals surface area (Å²) >= 11 is 2.46. The summed E-state index contributed by atoms with van der Waals surface area (Å²) in [6.07, 6.45) is -3.94. The van der Waals surface area contributed by atoms with Crippen molar-refractivity contribution in [2.45, 2.75) is 54.6 Å². The maximum atomic E-state index is 13.6. The van der Waals surface area contributed by atoms with Gasteiger partial charge in [-0.3, -0.25) is 0 Å². The average molecular weight is 576 g/mol. The molecule has 1 heterocycles. The lowest BCUT2D eigenvalue weighted by Crippen LogP contribution is -2.36. The maximum absolute atomic E-state index is 13.6. The molecule has 0 aliphatic carbocycles. The number of aryl methyl sites for hydroxylation is 2. The van der Waals surface area contributed by atoms with E-state index in [1.807, 2.05) is 19.9 Å². The molecule has 0 saturated heterocycles. The fourth-order valence-electron chi connectivity index (χ4n) is 3.85. The third-order valence-electron chi connectivity index (χ3n) is 5.56. The predicted molar refractivity (Wildman–Crippen MR) is 140 cm³/mol. The molecule has 0 aliphatic heterocycles. The molecule has 1 aromatic heterocycles.